The van der Waals surface area contributed by atoms with Crippen LogP contribution in [0.3, 0.4) is 0 Å². The number of aryl methyl sites for hydroxylation is 1. The highest BCUT2D eigenvalue weighted by Gasteiger charge is 2.30. The molecule has 0 heterocycles. The molecule has 0 saturated carbocycles. The van der Waals surface area contributed by atoms with Gasteiger partial charge < -0.3 is 10.2 Å². The monoisotopic (exact) mass is 462 g/mol. The lowest BCUT2D eigenvalue weighted by Crippen LogP contribution is -2.52. The zero-order chi connectivity index (χ0) is 23.8. The summed E-state index contributed by atoms with van der Waals surface area (Å²) in [4.78, 5) is 28.6. The summed E-state index contributed by atoms with van der Waals surface area (Å²) in [5.74, 6) is -0.247. The van der Waals surface area contributed by atoms with Crippen LogP contribution in [-0.2, 0) is 29.0 Å². The maximum atomic E-state index is 13.6. The third-order valence-electron chi connectivity index (χ3n) is 5.44. The van der Waals surface area contributed by atoms with Crippen molar-refractivity contribution in [2.24, 2.45) is 0 Å². The fourth-order valence-electron chi connectivity index (χ4n) is 3.70. The van der Waals surface area contributed by atoms with Crippen molar-refractivity contribution < 1.29 is 9.59 Å². The average molecular weight is 463 g/mol. The van der Waals surface area contributed by atoms with E-state index in [2.05, 4.69) is 5.32 Å². The maximum absolute atomic E-state index is 13.6. The Hall–Kier alpha value is -3.11. The van der Waals surface area contributed by atoms with Gasteiger partial charge in [0.25, 0.3) is 0 Å². The number of amides is 2. The van der Waals surface area contributed by atoms with Crippen molar-refractivity contribution in [2.45, 2.75) is 52.2 Å². The van der Waals surface area contributed by atoms with Crippen molar-refractivity contribution in [3.8, 4) is 0 Å². The molecule has 172 valence electrons. The zero-order valence-electron chi connectivity index (χ0n) is 19.4. The molecule has 4 nitrogen and oxygen atoms in total. The predicted octanol–water partition coefficient (Wildman–Crippen LogP) is 5.36. The Kier molecular flexibility index (Phi) is 8.67. The van der Waals surface area contributed by atoms with Gasteiger partial charge in [-0.15, -0.1) is 0 Å². The predicted molar refractivity (Wildman–Crippen MR) is 134 cm³/mol. The second kappa shape index (κ2) is 11.7. The molecule has 0 aromatic heterocycles. The molecular formula is C28H31ClN2O2. The number of hydrogen-bond acceptors (Lipinski definition) is 2. The molecule has 1 N–H and O–H groups in total. The molecule has 0 bridgehead atoms. The number of hydrogen-bond donors (Lipinski definition) is 1. The molecule has 0 aliphatic heterocycles. The number of nitrogens with one attached hydrogen (secondary N) is 1. The van der Waals surface area contributed by atoms with E-state index >= 15 is 0 Å². The molecule has 3 aromatic carbocycles. The highest BCUT2D eigenvalue weighted by molar-refractivity contribution is 6.30. The van der Waals surface area contributed by atoms with Crippen molar-refractivity contribution in [2.75, 3.05) is 0 Å². The van der Waals surface area contributed by atoms with Crippen LogP contribution < -0.4 is 5.32 Å². The summed E-state index contributed by atoms with van der Waals surface area (Å²) in [7, 11) is 0. The third kappa shape index (κ3) is 7.47. The zero-order valence-corrected chi connectivity index (χ0v) is 20.2. The number of halogens is 1. The summed E-state index contributed by atoms with van der Waals surface area (Å²) in [5.41, 5.74) is 4.01. The number of benzene rings is 3. The summed E-state index contributed by atoms with van der Waals surface area (Å²) in [6.07, 6.45) is 0.640. The van der Waals surface area contributed by atoms with Crippen LogP contribution in [0.2, 0.25) is 5.02 Å². The second-order valence-corrected chi connectivity index (χ2v) is 9.12. The van der Waals surface area contributed by atoms with E-state index in [9.17, 15) is 9.59 Å². The van der Waals surface area contributed by atoms with Gasteiger partial charge in [-0.1, -0.05) is 83.9 Å². The normalized spacial score (nSPS) is 11.8. The Morgan fingerprint density at radius 1 is 0.848 bits per heavy atom. The molecule has 3 aromatic rings. The van der Waals surface area contributed by atoms with Crippen LogP contribution >= 0.6 is 11.6 Å². The molecule has 2 amide bonds. The van der Waals surface area contributed by atoms with Crippen molar-refractivity contribution in [1.82, 2.24) is 10.2 Å². The van der Waals surface area contributed by atoms with Gasteiger partial charge >= 0.3 is 0 Å². The highest BCUT2D eigenvalue weighted by atomic mass is 35.5. The van der Waals surface area contributed by atoms with Gasteiger partial charge in [-0.05, 0) is 49.6 Å². The van der Waals surface area contributed by atoms with E-state index in [0.717, 1.165) is 22.3 Å². The standard InChI is InChI=1S/C28H31ClN2O2/c1-20(2)30-28(33)26(17-22-7-5-4-6-8-22)31(19-24-11-9-21(3)10-12-24)27(32)18-23-13-15-25(29)16-14-23/h4-16,20,26H,17-19H2,1-3H3,(H,30,33). The van der Waals surface area contributed by atoms with Crippen LogP contribution in [0.4, 0.5) is 0 Å². The highest BCUT2D eigenvalue weighted by Crippen LogP contribution is 2.18. The maximum Gasteiger partial charge on any atom is 0.243 e. The molecule has 0 fully saturated rings. The molecule has 3 rings (SSSR count). The van der Waals surface area contributed by atoms with Crippen LogP contribution in [0, 0.1) is 6.92 Å². The minimum Gasteiger partial charge on any atom is -0.352 e. The van der Waals surface area contributed by atoms with Crippen molar-refractivity contribution in [3.05, 3.63) is 106 Å². The van der Waals surface area contributed by atoms with Gasteiger partial charge in [0.15, 0.2) is 0 Å². The molecule has 0 radical (unpaired) electrons. The van der Waals surface area contributed by atoms with E-state index in [4.69, 9.17) is 11.6 Å². The molecule has 33 heavy (non-hydrogen) atoms. The van der Waals surface area contributed by atoms with E-state index in [0.29, 0.717) is 18.0 Å². The summed E-state index contributed by atoms with van der Waals surface area (Å²) < 4.78 is 0. The molecule has 0 spiro atoms. The molecule has 0 aliphatic carbocycles. The van der Waals surface area contributed by atoms with E-state index in [1.807, 2.05) is 87.5 Å². The van der Waals surface area contributed by atoms with Gasteiger partial charge in [0.1, 0.15) is 6.04 Å². The van der Waals surface area contributed by atoms with E-state index in [1.165, 1.54) is 0 Å². The van der Waals surface area contributed by atoms with Crippen LogP contribution in [-0.4, -0.2) is 28.8 Å². The minimum atomic E-state index is -0.629. The van der Waals surface area contributed by atoms with Gasteiger partial charge in [-0.2, -0.15) is 0 Å². The first kappa shape index (κ1) is 24.5. The lowest BCUT2D eigenvalue weighted by molar-refractivity contribution is -0.141. The summed E-state index contributed by atoms with van der Waals surface area (Å²) >= 11 is 6.01. The molecular weight excluding hydrogens is 432 g/mol. The first-order valence-electron chi connectivity index (χ1n) is 11.3. The molecule has 1 atom stereocenters. The molecule has 0 saturated heterocycles. The number of rotatable bonds is 9. The summed E-state index contributed by atoms with van der Waals surface area (Å²) in [6, 6.07) is 24.5. The minimum absolute atomic E-state index is 0.0247. The fourth-order valence-corrected chi connectivity index (χ4v) is 3.83. The number of carbonyl (C=O) groups is 2. The molecule has 5 heteroatoms. The average Bonchev–Trinajstić information content (AvgIpc) is 2.79. The van der Waals surface area contributed by atoms with Gasteiger partial charge in [-0.25, -0.2) is 0 Å². The quantitative estimate of drug-likeness (QED) is 0.465. The third-order valence-corrected chi connectivity index (χ3v) is 5.70. The van der Waals surface area contributed by atoms with E-state index < -0.39 is 6.04 Å². The van der Waals surface area contributed by atoms with Gasteiger partial charge in [-0.3, -0.25) is 9.59 Å². The second-order valence-electron chi connectivity index (χ2n) is 8.68. The summed E-state index contributed by atoms with van der Waals surface area (Å²) in [6.45, 7) is 6.24. The van der Waals surface area contributed by atoms with E-state index in [-0.39, 0.29) is 24.3 Å². The topological polar surface area (TPSA) is 49.4 Å². The Bertz CT molecular complexity index is 1050. The van der Waals surface area contributed by atoms with Gasteiger partial charge in [0, 0.05) is 24.0 Å². The lowest BCUT2D eigenvalue weighted by atomic mass is 10.0. The smallest absolute Gasteiger partial charge is 0.243 e. The van der Waals surface area contributed by atoms with Crippen LogP contribution in [0.25, 0.3) is 0 Å². The molecule has 1 unspecified atom stereocenters. The largest absolute Gasteiger partial charge is 0.352 e. The summed E-state index contributed by atoms with van der Waals surface area (Å²) in [5, 5.41) is 3.64. The van der Waals surface area contributed by atoms with Gasteiger partial charge in [0.2, 0.25) is 11.8 Å². The Morgan fingerprint density at radius 3 is 2.06 bits per heavy atom. The van der Waals surface area contributed by atoms with Crippen molar-refractivity contribution >= 4 is 23.4 Å². The van der Waals surface area contributed by atoms with E-state index in [1.54, 1.807) is 17.0 Å². The van der Waals surface area contributed by atoms with Crippen LogP contribution in [0.1, 0.15) is 36.1 Å². The lowest BCUT2D eigenvalue weighted by Gasteiger charge is -2.32. The Morgan fingerprint density at radius 2 is 1.45 bits per heavy atom. The SMILES string of the molecule is Cc1ccc(CN(C(=O)Cc2ccc(Cl)cc2)C(Cc2ccccc2)C(=O)NC(C)C)cc1. The fraction of sp³-hybridized carbons (Fsp3) is 0.286. The Labute approximate surface area is 201 Å². The van der Waals surface area contributed by atoms with Gasteiger partial charge in [0.05, 0.1) is 6.42 Å². The molecule has 0 aliphatic rings. The first-order chi connectivity index (χ1) is 15.8. The number of carbonyl (C=O) groups excluding carboxylic acids is 2. The van der Waals surface area contributed by atoms with Crippen LogP contribution in [0.5, 0.6) is 0 Å². The number of nitrogens with zero attached hydrogens (tertiary/aromatic N) is 1. The Balaban J connectivity index is 1.95. The van der Waals surface area contributed by atoms with Crippen molar-refractivity contribution in [3.63, 3.8) is 0 Å². The van der Waals surface area contributed by atoms with Crippen molar-refractivity contribution in [1.29, 1.82) is 0 Å². The van der Waals surface area contributed by atoms with Crippen LogP contribution in [0.15, 0.2) is 78.9 Å². The first-order valence-corrected chi connectivity index (χ1v) is 11.6.